The molecule has 0 N–H and O–H groups in total. The van der Waals surface area contributed by atoms with Gasteiger partial charge in [-0.25, -0.2) is 0 Å². The molecule has 4 aromatic rings. The van der Waals surface area contributed by atoms with Crippen LogP contribution in [0.3, 0.4) is 0 Å². The van der Waals surface area contributed by atoms with Gasteiger partial charge in [0.2, 0.25) is 0 Å². The van der Waals surface area contributed by atoms with E-state index in [-0.39, 0.29) is 18.0 Å². The second-order valence-electron chi connectivity index (χ2n) is 7.63. The number of rotatable bonds is 12. The molecule has 12 nitrogen and oxygen atoms in total. The summed E-state index contributed by atoms with van der Waals surface area (Å²) in [6.45, 7) is 0. The quantitative estimate of drug-likeness (QED) is 0.233. The van der Waals surface area contributed by atoms with Crippen LogP contribution in [0, 0.1) is 0 Å². The first-order valence-corrected chi connectivity index (χ1v) is 11.4. The van der Waals surface area contributed by atoms with E-state index in [1.807, 2.05) is 0 Å². The number of hydrogen-bond donors (Lipinski definition) is 0. The highest BCUT2D eigenvalue weighted by molar-refractivity contribution is 5.45. The topological polar surface area (TPSA) is 122 Å². The van der Waals surface area contributed by atoms with Crippen LogP contribution in [0.2, 0.25) is 0 Å². The molecule has 204 valence electrons. The molecule has 0 spiro atoms. The molecule has 0 amide bonds. The molecule has 0 bridgehead atoms. The third kappa shape index (κ3) is 7.01. The van der Waals surface area contributed by atoms with Crippen molar-refractivity contribution in [1.29, 1.82) is 0 Å². The zero-order valence-corrected chi connectivity index (χ0v) is 22.2. The summed E-state index contributed by atoms with van der Waals surface area (Å²) in [6.07, 6.45) is 0. The summed E-state index contributed by atoms with van der Waals surface area (Å²) in [5.41, 5.74) is 0. The van der Waals surface area contributed by atoms with Crippen molar-refractivity contribution in [2.75, 3.05) is 42.7 Å². The number of nitrogens with zero attached hydrogens (tertiary/aromatic N) is 3. The van der Waals surface area contributed by atoms with Crippen molar-refractivity contribution in [1.82, 2.24) is 15.0 Å². The molecule has 0 saturated carbocycles. The van der Waals surface area contributed by atoms with Crippen LogP contribution in [0.1, 0.15) is 0 Å². The van der Waals surface area contributed by atoms with Gasteiger partial charge in [-0.3, -0.25) is 0 Å². The Hall–Kier alpha value is -5.13. The Bertz CT molecular complexity index is 1180. The van der Waals surface area contributed by atoms with Crippen molar-refractivity contribution in [3.8, 4) is 69.8 Å². The van der Waals surface area contributed by atoms with Crippen molar-refractivity contribution in [3.63, 3.8) is 0 Å². The van der Waals surface area contributed by atoms with E-state index in [4.69, 9.17) is 42.6 Å². The molecule has 3 aromatic carbocycles. The first-order chi connectivity index (χ1) is 18.9. The molecule has 4 rings (SSSR count). The van der Waals surface area contributed by atoms with Gasteiger partial charge in [0.05, 0.1) is 42.7 Å². The standard InChI is InChI=1S/C27H27N3O9/c1-31-16-7-17(32-2)11-22(10-16)37-25-28-26(38-23-12-18(33-3)8-19(13-23)34-4)30-27(29-25)39-24-14-20(35-5)9-21(15-24)36-6/h7-15H,1-6H3. The van der Waals surface area contributed by atoms with Crippen molar-refractivity contribution >= 4 is 0 Å². The van der Waals surface area contributed by atoms with Crippen LogP contribution in [-0.4, -0.2) is 57.6 Å². The maximum atomic E-state index is 5.92. The summed E-state index contributed by atoms with van der Waals surface area (Å²) < 4.78 is 49.7. The highest BCUT2D eigenvalue weighted by Gasteiger charge is 2.16. The molecule has 1 heterocycles. The van der Waals surface area contributed by atoms with Crippen molar-refractivity contribution in [3.05, 3.63) is 54.6 Å². The Morgan fingerprint density at radius 1 is 0.308 bits per heavy atom. The number of benzene rings is 3. The minimum absolute atomic E-state index is 0.116. The maximum absolute atomic E-state index is 5.92. The smallest absolute Gasteiger partial charge is 0.331 e. The van der Waals surface area contributed by atoms with Crippen molar-refractivity contribution in [2.24, 2.45) is 0 Å². The zero-order chi connectivity index (χ0) is 27.8. The lowest BCUT2D eigenvalue weighted by Crippen LogP contribution is -2.02. The summed E-state index contributed by atoms with van der Waals surface area (Å²) in [7, 11) is 9.19. The second kappa shape index (κ2) is 12.4. The van der Waals surface area contributed by atoms with Crippen LogP contribution in [0.5, 0.6) is 69.8 Å². The molecule has 0 fully saturated rings. The molecule has 0 saturated heterocycles. The van der Waals surface area contributed by atoms with E-state index in [2.05, 4.69) is 15.0 Å². The van der Waals surface area contributed by atoms with Gasteiger partial charge in [0.25, 0.3) is 0 Å². The van der Waals surface area contributed by atoms with Gasteiger partial charge in [0.15, 0.2) is 0 Å². The lowest BCUT2D eigenvalue weighted by molar-refractivity contribution is 0.350. The van der Waals surface area contributed by atoms with Gasteiger partial charge < -0.3 is 42.6 Å². The Labute approximate surface area is 224 Å². The summed E-state index contributed by atoms with van der Waals surface area (Å²) >= 11 is 0. The number of ether oxygens (including phenoxy) is 9. The molecule has 0 atom stereocenters. The third-order valence-electron chi connectivity index (χ3n) is 5.18. The lowest BCUT2D eigenvalue weighted by atomic mass is 10.3. The van der Waals surface area contributed by atoms with Crippen molar-refractivity contribution in [2.45, 2.75) is 0 Å². The van der Waals surface area contributed by atoms with Gasteiger partial charge in [0, 0.05) is 54.6 Å². The van der Waals surface area contributed by atoms with Crippen LogP contribution in [0.15, 0.2) is 54.6 Å². The molecule has 0 aliphatic carbocycles. The van der Waals surface area contributed by atoms with Gasteiger partial charge in [-0.1, -0.05) is 0 Å². The Balaban J connectivity index is 1.73. The summed E-state index contributed by atoms with van der Waals surface area (Å²) in [5.74, 6) is 4.12. The minimum atomic E-state index is -0.116. The van der Waals surface area contributed by atoms with Gasteiger partial charge in [-0.2, -0.15) is 0 Å². The highest BCUT2D eigenvalue weighted by Crippen LogP contribution is 2.35. The molecule has 39 heavy (non-hydrogen) atoms. The van der Waals surface area contributed by atoms with Crippen LogP contribution in [0.4, 0.5) is 0 Å². The molecular weight excluding hydrogens is 510 g/mol. The number of aromatic nitrogens is 3. The molecule has 0 aliphatic heterocycles. The number of hydrogen-bond acceptors (Lipinski definition) is 12. The predicted octanol–water partition coefficient (Wildman–Crippen LogP) is 5.30. The fourth-order valence-corrected chi connectivity index (χ4v) is 3.29. The molecule has 0 unspecified atom stereocenters. The van der Waals surface area contributed by atoms with Crippen LogP contribution < -0.4 is 42.6 Å². The lowest BCUT2D eigenvalue weighted by Gasteiger charge is -2.13. The largest absolute Gasteiger partial charge is 0.496 e. The van der Waals surface area contributed by atoms with E-state index in [1.165, 1.54) is 42.7 Å². The monoisotopic (exact) mass is 537 g/mol. The second-order valence-corrected chi connectivity index (χ2v) is 7.63. The van der Waals surface area contributed by atoms with Crippen LogP contribution in [0.25, 0.3) is 0 Å². The van der Waals surface area contributed by atoms with E-state index >= 15 is 0 Å². The summed E-state index contributed by atoms with van der Waals surface area (Å²) in [4.78, 5) is 12.9. The summed E-state index contributed by atoms with van der Waals surface area (Å²) in [5, 5.41) is 0. The third-order valence-corrected chi connectivity index (χ3v) is 5.18. The first-order valence-electron chi connectivity index (χ1n) is 11.4. The van der Waals surface area contributed by atoms with Gasteiger partial charge in [-0.05, 0) is 0 Å². The Kier molecular flexibility index (Phi) is 8.57. The van der Waals surface area contributed by atoms with E-state index in [0.29, 0.717) is 51.7 Å². The fraction of sp³-hybridized carbons (Fsp3) is 0.222. The highest BCUT2D eigenvalue weighted by atomic mass is 16.5. The Morgan fingerprint density at radius 2 is 0.487 bits per heavy atom. The first kappa shape index (κ1) is 26.9. The van der Waals surface area contributed by atoms with E-state index < -0.39 is 0 Å². The molecule has 0 radical (unpaired) electrons. The van der Waals surface area contributed by atoms with Gasteiger partial charge >= 0.3 is 18.0 Å². The molecule has 12 heteroatoms. The Morgan fingerprint density at radius 3 is 0.667 bits per heavy atom. The van der Waals surface area contributed by atoms with Crippen LogP contribution >= 0.6 is 0 Å². The zero-order valence-electron chi connectivity index (χ0n) is 22.2. The van der Waals surface area contributed by atoms with Crippen LogP contribution in [-0.2, 0) is 0 Å². The predicted molar refractivity (Wildman–Crippen MR) is 139 cm³/mol. The van der Waals surface area contributed by atoms with E-state index in [9.17, 15) is 0 Å². The SMILES string of the molecule is COc1cc(OC)cc(Oc2nc(Oc3cc(OC)cc(OC)c3)nc(Oc3cc(OC)cc(OC)c3)n2)c1. The summed E-state index contributed by atoms with van der Waals surface area (Å²) in [6, 6.07) is 14.6. The average molecular weight is 538 g/mol. The fourth-order valence-electron chi connectivity index (χ4n) is 3.29. The van der Waals surface area contributed by atoms with Gasteiger partial charge in [-0.15, -0.1) is 15.0 Å². The molecule has 1 aromatic heterocycles. The van der Waals surface area contributed by atoms with E-state index in [1.54, 1.807) is 54.6 Å². The molecule has 0 aliphatic rings. The van der Waals surface area contributed by atoms with Crippen molar-refractivity contribution < 1.29 is 42.6 Å². The van der Waals surface area contributed by atoms with Gasteiger partial charge in [0.1, 0.15) is 51.7 Å². The van der Waals surface area contributed by atoms with E-state index in [0.717, 1.165) is 0 Å². The maximum Gasteiger partial charge on any atom is 0.331 e. The number of methoxy groups -OCH3 is 6. The molecular formula is C27H27N3O9. The normalized spacial score (nSPS) is 10.3. The minimum Gasteiger partial charge on any atom is -0.496 e. The average Bonchev–Trinajstić information content (AvgIpc) is 2.96.